The van der Waals surface area contributed by atoms with Gasteiger partial charge in [-0.3, -0.25) is 14.3 Å². The highest BCUT2D eigenvalue weighted by Crippen LogP contribution is 2.34. The number of nitrogens with zero attached hydrogens (tertiary/aromatic N) is 1. The largest absolute Gasteiger partial charge is 0.452 e. The van der Waals surface area contributed by atoms with Gasteiger partial charge in [0.1, 0.15) is 6.10 Å². The van der Waals surface area contributed by atoms with E-state index >= 15 is 0 Å². The maximum Gasteiger partial charge on any atom is 0.338 e. The Labute approximate surface area is 193 Å². The summed E-state index contributed by atoms with van der Waals surface area (Å²) in [5, 5.41) is 0. The summed E-state index contributed by atoms with van der Waals surface area (Å²) in [6.45, 7) is -0.0132. The quantitative estimate of drug-likeness (QED) is 0.520. The SMILES string of the molecule is COCC1OC(n2ccc(=O)[nH]c2=O)C(OC(=O)c2ccccc2)C1OC(=O)c1ccccc1. The van der Waals surface area contributed by atoms with Gasteiger partial charge in [0, 0.05) is 19.4 Å². The van der Waals surface area contributed by atoms with Crippen molar-refractivity contribution in [1.82, 2.24) is 9.55 Å². The fraction of sp³-hybridized carbons (Fsp3) is 0.250. The molecule has 1 N–H and O–H groups in total. The number of benzene rings is 2. The Morgan fingerprint density at radius 3 is 1.97 bits per heavy atom. The van der Waals surface area contributed by atoms with E-state index in [1.165, 1.54) is 13.3 Å². The fourth-order valence-electron chi connectivity index (χ4n) is 3.66. The lowest BCUT2D eigenvalue weighted by molar-refractivity contribution is -0.0656. The van der Waals surface area contributed by atoms with Crippen molar-refractivity contribution in [3.63, 3.8) is 0 Å². The molecule has 176 valence electrons. The standard InChI is InChI=1S/C24H22N2O8/c1-31-14-17-19(33-22(28)15-8-4-2-5-9-15)20(34-23(29)16-10-6-3-7-11-16)21(32-17)26-13-12-18(27)25-24(26)30/h2-13,17,19-21H,14H2,1H3,(H,25,27,30). The second-order valence-corrected chi connectivity index (χ2v) is 7.51. The van der Waals surface area contributed by atoms with Crippen LogP contribution in [-0.4, -0.2) is 53.5 Å². The number of carbonyl (C=O) groups is 2. The number of carbonyl (C=O) groups excluding carboxylic acids is 2. The third-order valence-electron chi connectivity index (χ3n) is 5.25. The number of rotatable bonds is 7. The minimum atomic E-state index is -1.22. The molecule has 4 atom stereocenters. The third kappa shape index (κ3) is 4.98. The fourth-order valence-corrected chi connectivity index (χ4v) is 3.66. The van der Waals surface area contributed by atoms with E-state index in [0.717, 1.165) is 10.6 Å². The molecule has 4 rings (SSSR count). The second kappa shape index (κ2) is 10.3. The molecule has 0 spiro atoms. The average molecular weight is 466 g/mol. The lowest BCUT2D eigenvalue weighted by atomic mass is 10.1. The number of esters is 2. The van der Waals surface area contributed by atoms with Crippen molar-refractivity contribution >= 4 is 11.9 Å². The van der Waals surface area contributed by atoms with Gasteiger partial charge in [-0.15, -0.1) is 0 Å². The molecule has 4 unspecified atom stereocenters. The highest BCUT2D eigenvalue weighted by Gasteiger charge is 2.51. The van der Waals surface area contributed by atoms with E-state index in [9.17, 15) is 19.2 Å². The van der Waals surface area contributed by atoms with E-state index in [1.54, 1.807) is 60.7 Å². The minimum Gasteiger partial charge on any atom is -0.452 e. The number of aromatic amines is 1. The molecule has 0 amide bonds. The molecule has 2 heterocycles. The highest BCUT2D eigenvalue weighted by atomic mass is 16.7. The first-order valence-electron chi connectivity index (χ1n) is 10.5. The van der Waals surface area contributed by atoms with Gasteiger partial charge >= 0.3 is 17.6 Å². The lowest BCUT2D eigenvalue weighted by Gasteiger charge is -2.25. The van der Waals surface area contributed by atoms with Gasteiger partial charge < -0.3 is 18.9 Å². The molecule has 1 aliphatic heterocycles. The van der Waals surface area contributed by atoms with E-state index in [1.807, 2.05) is 0 Å². The van der Waals surface area contributed by atoms with Crippen LogP contribution in [0.3, 0.4) is 0 Å². The van der Waals surface area contributed by atoms with Gasteiger partial charge in [0.05, 0.1) is 17.7 Å². The van der Waals surface area contributed by atoms with Crippen LogP contribution in [0.1, 0.15) is 26.9 Å². The highest BCUT2D eigenvalue weighted by molar-refractivity contribution is 5.90. The first-order valence-corrected chi connectivity index (χ1v) is 10.5. The van der Waals surface area contributed by atoms with Crippen molar-refractivity contribution < 1.29 is 28.5 Å². The predicted molar refractivity (Wildman–Crippen MR) is 118 cm³/mol. The molecule has 0 bridgehead atoms. The maximum atomic E-state index is 12.9. The molecule has 1 aromatic heterocycles. The van der Waals surface area contributed by atoms with Crippen molar-refractivity contribution in [2.75, 3.05) is 13.7 Å². The van der Waals surface area contributed by atoms with E-state index < -0.39 is 47.7 Å². The Bertz CT molecular complexity index is 1250. The Morgan fingerprint density at radius 1 is 0.882 bits per heavy atom. The number of aromatic nitrogens is 2. The Hall–Kier alpha value is -4.02. The van der Waals surface area contributed by atoms with Crippen molar-refractivity contribution in [3.8, 4) is 0 Å². The molecule has 1 fully saturated rings. The van der Waals surface area contributed by atoms with Crippen LogP contribution in [0.4, 0.5) is 0 Å². The second-order valence-electron chi connectivity index (χ2n) is 7.51. The Kier molecular flexibility index (Phi) is 7.00. The van der Waals surface area contributed by atoms with Gasteiger partial charge in [-0.25, -0.2) is 14.4 Å². The van der Waals surface area contributed by atoms with Gasteiger partial charge in [0.2, 0.25) is 0 Å². The maximum absolute atomic E-state index is 12.9. The molecule has 1 saturated heterocycles. The first-order chi connectivity index (χ1) is 16.5. The Morgan fingerprint density at radius 2 is 1.44 bits per heavy atom. The first kappa shape index (κ1) is 23.1. The van der Waals surface area contributed by atoms with Crippen molar-refractivity contribution in [3.05, 3.63) is 105 Å². The van der Waals surface area contributed by atoms with Crippen LogP contribution in [-0.2, 0) is 18.9 Å². The molecule has 10 heteroatoms. The molecule has 0 aliphatic carbocycles. The number of ether oxygens (including phenoxy) is 4. The van der Waals surface area contributed by atoms with Gasteiger partial charge in [0.25, 0.3) is 5.56 Å². The van der Waals surface area contributed by atoms with E-state index in [0.29, 0.717) is 0 Å². The summed E-state index contributed by atoms with van der Waals surface area (Å²) in [5.41, 5.74) is -0.822. The topological polar surface area (TPSA) is 126 Å². The van der Waals surface area contributed by atoms with Crippen LogP contribution in [0.15, 0.2) is 82.5 Å². The minimum absolute atomic E-state index is 0.0132. The zero-order chi connectivity index (χ0) is 24.1. The van der Waals surface area contributed by atoms with Crippen LogP contribution in [0.5, 0.6) is 0 Å². The summed E-state index contributed by atoms with van der Waals surface area (Å²) < 4.78 is 23.7. The van der Waals surface area contributed by atoms with Crippen molar-refractivity contribution in [1.29, 1.82) is 0 Å². The van der Waals surface area contributed by atoms with Crippen LogP contribution < -0.4 is 11.2 Å². The van der Waals surface area contributed by atoms with Crippen molar-refractivity contribution in [2.24, 2.45) is 0 Å². The van der Waals surface area contributed by atoms with E-state index in [-0.39, 0.29) is 17.7 Å². The zero-order valence-corrected chi connectivity index (χ0v) is 18.2. The molecule has 0 radical (unpaired) electrons. The molecule has 2 aromatic carbocycles. The smallest absolute Gasteiger partial charge is 0.338 e. The van der Waals surface area contributed by atoms with E-state index in [4.69, 9.17) is 18.9 Å². The van der Waals surface area contributed by atoms with Crippen LogP contribution >= 0.6 is 0 Å². The summed E-state index contributed by atoms with van der Waals surface area (Å²) in [7, 11) is 1.43. The summed E-state index contributed by atoms with van der Waals surface area (Å²) in [5.74, 6) is -1.36. The van der Waals surface area contributed by atoms with Gasteiger partial charge in [-0.1, -0.05) is 36.4 Å². The summed E-state index contributed by atoms with van der Waals surface area (Å²) in [4.78, 5) is 51.9. The molecule has 3 aromatic rings. The summed E-state index contributed by atoms with van der Waals surface area (Å²) in [6, 6.07) is 17.6. The Balaban J connectivity index is 1.71. The summed E-state index contributed by atoms with van der Waals surface area (Å²) >= 11 is 0. The normalized spacial score (nSPS) is 21.7. The molecular formula is C24H22N2O8. The van der Waals surface area contributed by atoms with Crippen LogP contribution in [0.25, 0.3) is 0 Å². The molecule has 1 aliphatic rings. The number of nitrogens with one attached hydrogen (secondary N) is 1. The van der Waals surface area contributed by atoms with Crippen LogP contribution in [0, 0.1) is 0 Å². The van der Waals surface area contributed by atoms with E-state index in [2.05, 4.69) is 4.98 Å². The van der Waals surface area contributed by atoms with Crippen LogP contribution in [0.2, 0.25) is 0 Å². The van der Waals surface area contributed by atoms with Gasteiger partial charge in [-0.2, -0.15) is 0 Å². The number of H-pyrrole nitrogens is 1. The van der Waals surface area contributed by atoms with Gasteiger partial charge in [0.15, 0.2) is 18.4 Å². The number of hydrogen-bond acceptors (Lipinski definition) is 8. The lowest BCUT2D eigenvalue weighted by Crippen LogP contribution is -2.42. The molecular weight excluding hydrogens is 444 g/mol. The average Bonchev–Trinajstić information content (AvgIpc) is 3.16. The zero-order valence-electron chi connectivity index (χ0n) is 18.2. The predicted octanol–water partition coefficient (Wildman–Crippen LogP) is 1.53. The molecule has 10 nitrogen and oxygen atoms in total. The number of hydrogen-bond donors (Lipinski definition) is 1. The molecule has 0 saturated carbocycles. The monoisotopic (exact) mass is 466 g/mol. The van der Waals surface area contributed by atoms with Gasteiger partial charge in [-0.05, 0) is 24.3 Å². The number of methoxy groups -OCH3 is 1. The third-order valence-corrected chi connectivity index (χ3v) is 5.25. The molecule has 34 heavy (non-hydrogen) atoms. The van der Waals surface area contributed by atoms with Crippen molar-refractivity contribution in [2.45, 2.75) is 24.5 Å². The summed E-state index contributed by atoms with van der Waals surface area (Å²) in [6.07, 6.45) is -3.16.